The van der Waals surface area contributed by atoms with Crippen LogP contribution in [0.5, 0.6) is 0 Å². The Balaban J connectivity index is 1.46. The number of nitrogens with one attached hydrogen (secondary N) is 3. The van der Waals surface area contributed by atoms with Gasteiger partial charge in [0.05, 0.1) is 26.2 Å². The summed E-state index contributed by atoms with van der Waals surface area (Å²) in [4.78, 5) is 15.8. The smallest absolute Gasteiger partial charge is 0.279 e. The molecule has 1 heterocycles. The number of thiocarbonyl (C=S) groups is 1. The molecule has 1 amide bonds. The maximum Gasteiger partial charge on any atom is 0.279 e. The zero-order valence-electron chi connectivity index (χ0n) is 16.2. The fourth-order valence-corrected chi connectivity index (χ4v) is 3.81. The van der Waals surface area contributed by atoms with Crippen LogP contribution in [0, 0.1) is 13.8 Å². The molecule has 28 heavy (non-hydrogen) atoms. The van der Waals surface area contributed by atoms with Gasteiger partial charge in [0.15, 0.2) is 11.7 Å². The molecule has 1 saturated heterocycles. The molecular formula is C21H26BrN4OS+. The maximum absolute atomic E-state index is 12.3. The van der Waals surface area contributed by atoms with Gasteiger partial charge >= 0.3 is 0 Å². The van der Waals surface area contributed by atoms with Gasteiger partial charge in [-0.15, -0.1) is 0 Å². The highest BCUT2D eigenvalue weighted by molar-refractivity contribution is 9.10. The Kier molecular flexibility index (Phi) is 7.04. The van der Waals surface area contributed by atoms with E-state index in [-0.39, 0.29) is 5.91 Å². The van der Waals surface area contributed by atoms with Crippen molar-refractivity contribution in [2.45, 2.75) is 13.8 Å². The molecule has 148 valence electrons. The first-order chi connectivity index (χ1) is 13.4. The highest BCUT2D eigenvalue weighted by Crippen LogP contribution is 2.18. The highest BCUT2D eigenvalue weighted by atomic mass is 79.9. The quantitative estimate of drug-likeness (QED) is 0.612. The van der Waals surface area contributed by atoms with E-state index < -0.39 is 0 Å². The van der Waals surface area contributed by atoms with Crippen LogP contribution >= 0.6 is 28.1 Å². The first kappa shape index (κ1) is 20.8. The molecule has 5 nitrogen and oxygen atoms in total. The van der Waals surface area contributed by atoms with Gasteiger partial charge in [-0.05, 0) is 67.5 Å². The summed E-state index contributed by atoms with van der Waals surface area (Å²) in [6.45, 7) is 8.15. The van der Waals surface area contributed by atoms with Crippen molar-refractivity contribution in [3.63, 3.8) is 0 Å². The molecule has 0 unspecified atom stereocenters. The van der Waals surface area contributed by atoms with Gasteiger partial charge in [0.2, 0.25) is 0 Å². The number of rotatable bonds is 4. The fraction of sp³-hybridized carbons (Fsp3) is 0.333. The SMILES string of the molecule is Cc1cccc(NC(=S)N2CC[NH+](CC(=O)Nc3ccc(Br)cc3)CC2)c1C. The van der Waals surface area contributed by atoms with Gasteiger partial charge in [-0.3, -0.25) is 4.79 Å². The largest absolute Gasteiger partial charge is 0.338 e. The molecule has 7 heteroatoms. The molecule has 0 radical (unpaired) electrons. The van der Waals surface area contributed by atoms with Crippen LogP contribution in [0.15, 0.2) is 46.9 Å². The average molecular weight is 462 g/mol. The summed E-state index contributed by atoms with van der Waals surface area (Å²) in [5.41, 5.74) is 4.36. The molecule has 3 N–H and O–H groups in total. The number of carbonyl (C=O) groups is 1. The molecule has 3 rings (SSSR count). The zero-order valence-corrected chi connectivity index (χ0v) is 18.6. The minimum absolute atomic E-state index is 0.0434. The van der Waals surface area contributed by atoms with E-state index >= 15 is 0 Å². The summed E-state index contributed by atoms with van der Waals surface area (Å²) < 4.78 is 0.998. The third kappa shape index (κ3) is 5.53. The number of carbonyl (C=O) groups excluding carboxylic acids is 1. The Morgan fingerprint density at radius 2 is 1.79 bits per heavy atom. The summed E-state index contributed by atoms with van der Waals surface area (Å²) in [6, 6.07) is 13.8. The van der Waals surface area contributed by atoms with Crippen molar-refractivity contribution < 1.29 is 9.69 Å². The van der Waals surface area contributed by atoms with Crippen LogP contribution < -0.4 is 15.5 Å². The number of anilines is 2. The second kappa shape index (κ2) is 9.49. The van der Waals surface area contributed by atoms with E-state index in [9.17, 15) is 4.79 Å². The van der Waals surface area contributed by atoms with E-state index in [4.69, 9.17) is 12.2 Å². The predicted molar refractivity (Wildman–Crippen MR) is 122 cm³/mol. The van der Waals surface area contributed by atoms with Gasteiger partial charge < -0.3 is 20.4 Å². The van der Waals surface area contributed by atoms with E-state index in [1.807, 2.05) is 30.3 Å². The third-order valence-electron chi connectivity index (χ3n) is 5.14. The van der Waals surface area contributed by atoms with Crippen molar-refractivity contribution in [3.05, 3.63) is 58.1 Å². The zero-order chi connectivity index (χ0) is 20.1. The lowest BCUT2D eigenvalue weighted by molar-refractivity contribution is -0.895. The van der Waals surface area contributed by atoms with Gasteiger partial charge in [-0.2, -0.15) is 0 Å². The van der Waals surface area contributed by atoms with Crippen LogP contribution in [-0.2, 0) is 4.79 Å². The Morgan fingerprint density at radius 1 is 1.11 bits per heavy atom. The van der Waals surface area contributed by atoms with Gasteiger partial charge in [0, 0.05) is 15.8 Å². The second-order valence-corrected chi connectivity index (χ2v) is 8.45. The number of benzene rings is 2. The average Bonchev–Trinajstić information content (AvgIpc) is 2.68. The van der Waals surface area contributed by atoms with Crippen LogP contribution in [0.25, 0.3) is 0 Å². The molecule has 2 aromatic carbocycles. The van der Waals surface area contributed by atoms with Crippen molar-refractivity contribution >= 4 is 50.5 Å². The molecule has 0 aromatic heterocycles. The Hall–Kier alpha value is -1.96. The summed E-state index contributed by atoms with van der Waals surface area (Å²) in [6.07, 6.45) is 0. The number of nitrogens with zero attached hydrogens (tertiary/aromatic N) is 1. The summed E-state index contributed by atoms with van der Waals surface area (Å²) in [7, 11) is 0. The third-order valence-corrected chi connectivity index (χ3v) is 6.03. The Bertz CT molecular complexity index is 848. The number of aryl methyl sites for hydroxylation is 1. The monoisotopic (exact) mass is 461 g/mol. The molecule has 0 aliphatic carbocycles. The molecule has 0 bridgehead atoms. The molecular weight excluding hydrogens is 436 g/mol. The normalized spacial score (nSPS) is 14.6. The molecule has 0 spiro atoms. The fourth-order valence-electron chi connectivity index (χ4n) is 3.25. The maximum atomic E-state index is 12.3. The number of halogens is 1. The van der Waals surface area contributed by atoms with Crippen molar-refractivity contribution in [3.8, 4) is 0 Å². The standard InChI is InChI=1S/C21H25BrN4OS/c1-15-4-3-5-19(16(15)2)24-21(28)26-12-10-25(11-13-26)14-20(27)23-18-8-6-17(22)7-9-18/h3-9H,10-14H2,1-2H3,(H,23,27)(H,24,28)/p+1. The van der Waals surface area contributed by atoms with E-state index in [1.165, 1.54) is 16.0 Å². The number of amides is 1. The lowest BCUT2D eigenvalue weighted by Crippen LogP contribution is -3.15. The first-order valence-electron chi connectivity index (χ1n) is 9.43. The summed E-state index contributed by atoms with van der Waals surface area (Å²) in [5.74, 6) is 0.0434. The minimum Gasteiger partial charge on any atom is -0.338 e. The number of piperazine rings is 1. The minimum atomic E-state index is 0.0434. The van der Waals surface area contributed by atoms with Crippen molar-refractivity contribution in [2.75, 3.05) is 43.4 Å². The molecule has 1 fully saturated rings. The molecule has 0 saturated carbocycles. The highest BCUT2D eigenvalue weighted by Gasteiger charge is 2.24. The first-order valence-corrected chi connectivity index (χ1v) is 10.6. The van der Waals surface area contributed by atoms with Crippen molar-refractivity contribution in [2.24, 2.45) is 0 Å². The lowest BCUT2D eigenvalue weighted by atomic mass is 10.1. The summed E-state index contributed by atoms with van der Waals surface area (Å²) >= 11 is 9.00. The number of hydrogen-bond donors (Lipinski definition) is 3. The van der Waals surface area contributed by atoms with Gasteiger partial charge in [0.25, 0.3) is 5.91 Å². The number of hydrogen-bond acceptors (Lipinski definition) is 2. The number of quaternary nitrogens is 1. The molecule has 2 aromatic rings. The summed E-state index contributed by atoms with van der Waals surface area (Å²) in [5, 5.41) is 7.10. The Morgan fingerprint density at radius 3 is 2.46 bits per heavy atom. The van der Waals surface area contributed by atoms with Gasteiger partial charge in [-0.25, -0.2) is 0 Å². The molecule has 0 atom stereocenters. The lowest BCUT2D eigenvalue weighted by Gasteiger charge is -2.33. The van der Waals surface area contributed by atoms with Crippen molar-refractivity contribution in [1.29, 1.82) is 0 Å². The van der Waals surface area contributed by atoms with E-state index in [0.29, 0.717) is 6.54 Å². The molecule has 1 aliphatic heterocycles. The second-order valence-electron chi connectivity index (χ2n) is 7.15. The van der Waals surface area contributed by atoms with Crippen molar-refractivity contribution in [1.82, 2.24) is 4.90 Å². The van der Waals surface area contributed by atoms with E-state index in [2.05, 4.69) is 57.4 Å². The molecule has 1 aliphatic rings. The van der Waals surface area contributed by atoms with Crippen LogP contribution in [0.3, 0.4) is 0 Å². The van der Waals surface area contributed by atoms with Crippen LogP contribution in [0.1, 0.15) is 11.1 Å². The van der Waals surface area contributed by atoms with Crippen LogP contribution in [0.4, 0.5) is 11.4 Å². The van der Waals surface area contributed by atoms with Crippen LogP contribution in [-0.4, -0.2) is 48.6 Å². The van der Waals surface area contributed by atoms with E-state index in [0.717, 1.165) is 47.1 Å². The predicted octanol–water partition coefficient (Wildman–Crippen LogP) is 2.60. The van der Waals surface area contributed by atoms with Gasteiger partial charge in [0.1, 0.15) is 0 Å². The van der Waals surface area contributed by atoms with Crippen LogP contribution in [0.2, 0.25) is 0 Å². The van der Waals surface area contributed by atoms with Gasteiger partial charge in [-0.1, -0.05) is 28.1 Å². The topological polar surface area (TPSA) is 48.8 Å². The Labute approximate surface area is 180 Å². The van der Waals surface area contributed by atoms with E-state index in [1.54, 1.807) is 0 Å².